The summed E-state index contributed by atoms with van der Waals surface area (Å²) < 4.78 is 36.0. The maximum atomic E-state index is 9.43. The molecule has 0 aliphatic carbocycles. The Labute approximate surface area is 209 Å². The SMILES string of the molecule is [2H]c1c([2H])c(-c2nc(Cl)nc(Cl)n2)c([2H])c([Si](c2ccccc2)(c2ccccc2)c2ccccc2)c1[2H]. The highest BCUT2D eigenvalue weighted by Crippen LogP contribution is 2.19. The minimum atomic E-state index is -3.35. The van der Waals surface area contributed by atoms with Gasteiger partial charge in [0.2, 0.25) is 10.6 Å². The zero-order valence-corrected chi connectivity index (χ0v) is 19.8. The van der Waals surface area contributed by atoms with E-state index >= 15 is 0 Å². The zero-order chi connectivity index (χ0) is 26.2. The third-order valence-electron chi connectivity index (χ3n) is 5.42. The van der Waals surface area contributed by atoms with Crippen molar-refractivity contribution in [3.05, 3.63) is 126 Å². The Balaban J connectivity index is 2.01. The van der Waals surface area contributed by atoms with Gasteiger partial charge in [0.15, 0.2) is 13.9 Å². The molecule has 33 heavy (non-hydrogen) atoms. The molecule has 0 amide bonds. The molecule has 160 valence electrons. The van der Waals surface area contributed by atoms with E-state index in [-0.39, 0.29) is 46.1 Å². The van der Waals surface area contributed by atoms with Crippen LogP contribution in [0, 0.1) is 0 Å². The number of aromatic nitrogens is 3. The lowest BCUT2D eigenvalue weighted by atomic mass is 10.2. The van der Waals surface area contributed by atoms with Gasteiger partial charge in [0.25, 0.3) is 0 Å². The number of rotatable bonds is 5. The Bertz CT molecular complexity index is 1470. The first-order valence-corrected chi connectivity index (χ1v) is 13.0. The molecular formula is C27H19Cl2N3Si. The van der Waals surface area contributed by atoms with Crippen LogP contribution in [0.15, 0.2) is 115 Å². The first-order chi connectivity index (χ1) is 17.9. The summed E-state index contributed by atoms with van der Waals surface area (Å²) >= 11 is 12.1. The van der Waals surface area contributed by atoms with Crippen LogP contribution in [0.4, 0.5) is 0 Å². The summed E-state index contributed by atoms with van der Waals surface area (Å²) in [6.07, 6.45) is 0. The number of benzene rings is 4. The maximum Gasteiger partial charge on any atom is 0.227 e. The predicted molar refractivity (Wildman–Crippen MR) is 139 cm³/mol. The van der Waals surface area contributed by atoms with Crippen molar-refractivity contribution in [3.8, 4) is 11.4 Å². The molecule has 0 saturated carbocycles. The smallest absolute Gasteiger partial charge is 0.198 e. The van der Waals surface area contributed by atoms with Gasteiger partial charge < -0.3 is 0 Å². The molecule has 1 aromatic heterocycles. The third kappa shape index (κ3) is 4.09. The highest BCUT2D eigenvalue weighted by atomic mass is 35.5. The van der Waals surface area contributed by atoms with Crippen LogP contribution in [-0.4, -0.2) is 23.0 Å². The van der Waals surface area contributed by atoms with E-state index in [1.165, 1.54) is 0 Å². The molecular weight excluding hydrogens is 465 g/mol. The van der Waals surface area contributed by atoms with Gasteiger partial charge in [0.1, 0.15) is 0 Å². The van der Waals surface area contributed by atoms with Gasteiger partial charge in [-0.2, -0.15) is 15.0 Å². The van der Waals surface area contributed by atoms with Crippen molar-refractivity contribution in [1.29, 1.82) is 0 Å². The molecule has 0 aliphatic rings. The average molecular weight is 488 g/mol. The first kappa shape index (κ1) is 17.2. The zero-order valence-electron chi connectivity index (χ0n) is 21.3. The number of hydrogen-bond donors (Lipinski definition) is 0. The minimum Gasteiger partial charge on any atom is -0.198 e. The standard InChI is InChI=1S/C27H19Cl2N3Si/c28-26-30-25(31-27(29)32-26)20-11-10-18-24(19-20)33(21-12-4-1-5-13-21,22-14-6-2-7-15-22)23-16-8-3-9-17-23/h1-19H/i10D,11D,18D,19D. The van der Waals surface area contributed by atoms with E-state index < -0.39 is 8.07 Å². The summed E-state index contributed by atoms with van der Waals surface area (Å²) in [6, 6.07) is 28.4. The summed E-state index contributed by atoms with van der Waals surface area (Å²) in [6.45, 7) is 0. The van der Waals surface area contributed by atoms with Crippen molar-refractivity contribution in [1.82, 2.24) is 15.0 Å². The van der Waals surface area contributed by atoms with Crippen molar-refractivity contribution < 1.29 is 5.48 Å². The highest BCUT2D eigenvalue weighted by Gasteiger charge is 2.41. The molecule has 6 heteroatoms. The fourth-order valence-corrected chi connectivity index (χ4v) is 8.95. The highest BCUT2D eigenvalue weighted by molar-refractivity contribution is 7.19. The van der Waals surface area contributed by atoms with E-state index in [2.05, 4.69) is 15.0 Å². The van der Waals surface area contributed by atoms with Crippen molar-refractivity contribution >= 4 is 52.0 Å². The molecule has 0 unspecified atom stereocenters. The molecule has 0 radical (unpaired) electrons. The van der Waals surface area contributed by atoms with Gasteiger partial charge in [0.05, 0.1) is 5.48 Å². The molecule has 3 nitrogen and oxygen atoms in total. The summed E-state index contributed by atoms with van der Waals surface area (Å²) in [5.41, 5.74) is -0.0122. The fraction of sp³-hybridized carbons (Fsp3) is 0. The van der Waals surface area contributed by atoms with Gasteiger partial charge >= 0.3 is 0 Å². The molecule has 0 aliphatic heterocycles. The van der Waals surface area contributed by atoms with Gasteiger partial charge in [0, 0.05) is 5.56 Å². The normalized spacial score (nSPS) is 13.0. The Morgan fingerprint density at radius 3 is 1.48 bits per heavy atom. The predicted octanol–water partition coefficient (Wildman–Crippen LogP) is 4.22. The third-order valence-corrected chi connectivity index (χ3v) is 10.4. The molecule has 0 spiro atoms. The minimum absolute atomic E-state index is 0.0122. The Morgan fingerprint density at radius 1 is 0.576 bits per heavy atom. The second kappa shape index (κ2) is 9.28. The van der Waals surface area contributed by atoms with Crippen LogP contribution in [0.25, 0.3) is 11.4 Å². The van der Waals surface area contributed by atoms with Crippen LogP contribution in [-0.2, 0) is 0 Å². The van der Waals surface area contributed by atoms with Gasteiger partial charge in [-0.05, 0) is 43.9 Å². The molecule has 0 atom stereocenters. The molecule has 0 fully saturated rings. The Kier molecular flexibility index (Phi) is 4.84. The van der Waals surface area contributed by atoms with Crippen LogP contribution in [0.1, 0.15) is 5.48 Å². The van der Waals surface area contributed by atoms with E-state index in [4.69, 9.17) is 27.3 Å². The average Bonchev–Trinajstić information content (AvgIpc) is 2.91. The van der Waals surface area contributed by atoms with Gasteiger partial charge in [-0.3, -0.25) is 0 Å². The first-order valence-electron chi connectivity index (χ1n) is 12.2. The van der Waals surface area contributed by atoms with Crippen molar-refractivity contribution in [3.63, 3.8) is 0 Å². The quantitative estimate of drug-likeness (QED) is 0.275. The molecule has 0 saturated heterocycles. The summed E-state index contributed by atoms with van der Waals surface area (Å²) in [4.78, 5) is 12.0. The molecule has 0 N–H and O–H groups in total. The maximum absolute atomic E-state index is 9.43. The Morgan fingerprint density at radius 2 is 1.03 bits per heavy atom. The summed E-state index contributed by atoms with van der Waals surface area (Å²) in [7, 11) is -3.35. The van der Waals surface area contributed by atoms with Crippen LogP contribution >= 0.6 is 23.2 Å². The van der Waals surface area contributed by atoms with E-state index in [1.54, 1.807) is 0 Å². The van der Waals surface area contributed by atoms with Crippen LogP contribution in [0.2, 0.25) is 10.6 Å². The van der Waals surface area contributed by atoms with Gasteiger partial charge in [-0.1, -0.05) is 115 Å². The largest absolute Gasteiger partial charge is 0.227 e. The second-order valence-electron chi connectivity index (χ2n) is 7.30. The van der Waals surface area contributed by atoms with E-state index in [0.29, 0.717) is 5.19 Å². The van der Waals surface area contributed by atoms with Crippen molar-refractivity contribution in [2.75, 3.05) is 0 Å². The van der Waals surface area contributed by atoms with E-state index in [1.807, 2.05) is 91.0 Å². The molecule has 5 aromatic rings. The van der Waals surface area contributed by atoms with Gasteiger partial charge in [-0.25, -0.2) is 0 Å². The molecule has 1 heterocycles. The van der Waals surface area contributed by atoms with Crippen molar-refractivity contribution in [2.24, 2.45) is 0 Å². The van der Waals surface area contributed by atoms with E-state index in [9.17, 15) is 1.37 Å². The van der Waals surface area contributed by atoms with Crippen molar-refractivity contribution in [2.45, 2.75) is 0 Å². The molecule has 0 bridgehead atoms. The lowest BCUT2D eigenvalue weighted by molar-refractivity contribution is 1.06. The fourth-order valence-electron chi connectivity index (χ4n) is 4.08. The topological polar surface area (TPSA) is 38.7 Å². The van der Waals surface area contributed by atoms with E-state index in [0.717, 1.165) is 15.6 Å². The lowest BCUT2D eigenvalue weighted by Gasteiger charge is -2.34. The van der Waals surface area contributed by atoms with Gasteiger partial charge in [-0.15, -0.1) is 0 Å². The number of hydrogen-bond acceptors (Lipinski definition) is 3. The lowest BCUT2D eigenvalue weighted by Crippen LogP contribution is -2.74. The molecule has 5 rings (SSSR count). The second-order valence-corrected chi connectivity index (χ2v) is 11.7. The number of halogens is 2. The Hall–Kier alpha value is -3.31. The van der Waals surface area contributed by atoms with Crippen LogP contribution < -0.4 is 20.7 Å². The summed E-state index contributed by atoms with van der Waals surface area (Å²) in [5.74, 6) is -0.0770. The van der Waals surface area contributed by atoms with Crippen LogP contribution in [0.5, 0.6) is 0 Å². The molecule has 4 aromatic carbocycles. The number of nitrogens with zero attached hydrogens (tertiary/aromatic N) is 3. The summed E-state index contributed by atoms with van der Waals surface area (Å²) in [5, 5.41) is 2.79. The monoisotopic (exact) mass is 487 g/mol. The van der Waals surface area contributed by atoms with Crippen LogP contribution in [0.3, 0.4) is 0 Å².